The minimum Gasteiger partial charge on any atom is -0.493 e. The summed E-state index contributed by atoms with van der Waals surface area (Å²) in [7, 11) is 0. The van der Waals surface area contributed by atoms with Gasteiger partial charge in [0.05, 0.1) is 11.6 Å². The van der Waals surface area contributed by atoms with Crippen LogP contribution in [0.25, 0.3) is 0 Å². The van der Waals surface area contributed by atoms with Crippen molar-refractivity contribution in [3.8, 4) is 17.2 Å². The van der Waals surface area contributed by atoms with Crippen LogP contribution in [0.5, 0.6) is 17.2 Å². The van der Waals surface area contributed by atoms with Gasteiger partial charge in [0.25, 0.3) is 5.24 Å². The number of hydrogen-bond donors (Lipinski definition) is 1. The van der Waals surface area contributed by atoms with Crippen LogP contribution in [0.4, 0.5) is 4.79 Å². The number of thioether (sulfide) groups is 2. The molecule has 1 unspecified atom stereocenters. The summed E-state index contributed by atoms with van der Waals surface area (Å²) >= 11 is 9.13. The maximum Gasteiger partial charge on any atom is 0.287 e. The highest BCUT2D eigenvalue weighted by Crippen LogP contribution is 2.43. The number of amides is 2. The van der Waals surface area contributed by atoms with Crippen LogP contribution >= 0.6 is 35.1 Å². The van der Waals surface area contributed by atoms with Gasteiger partial charge in [0, 0.05) is 10.6 Å². The lowest BCUT2D eigenvalue weighted by molar-refractivity contribution is -0.121. The summed E-state index contributed by atoms with van der Waals surface area (Å²) in [5.74, 6) is 3.03. The van der Waals surface area contributed by atoms with Crippen molar-refractivity contribution >= 4 is 46.3 Å². The highest BCUT2D eigenvalue weighted by molar-refractivity contribution is 8.15. The van der Waals surface area contributed by atoms with Gasteiger partial charge in [0.2, 0.25) is 5.91 Å². The molecule has 1 aliphatic rings. The minimum atomic E-state index is -0.949. The third-order valence-electron chi connectivity index (χ3n) is 5.76. The van der Waals surface area contributed by atoms with Crippen LogP contribution in [0, 0.1) is 0 Å². The van der Waals surface area contributed by atoms with Gasteiger partial charge in [-0.1, -0.05) is 49.2 Å². The monoisotopic (exact) mass is 541 g/mol. The zero-order chi connectivity index (χ0) is 25.5. The molecule has 36 heavy (non-hydrogen) atoms. The van der Waals surface area contributed by atoms with E-state index in [9.17, 15) is 9.59 Å². The standard InChI is InChI=1S/C28H28ClNO4S2/c1-3-8-19-17-22(34-21-9-5-4-6-10-21)12-13-24(19)33-15-7-16-35-25-14-11-20(18-23(25)29)28(2)26(31)30-27(32)36-28/h4-6,9-14,17-18H,3,7-8,15-16H2,1-2H3,(H,30,31,32). The lowest BCUT2D eigenvalue weighted by Crippen LogP contribution is -2.31. The normalized spacial score (nSPS) is 17.2. The second kappa shape index (κ2) is 12.1. The van der Waals surface area contributed by atoms with Crippen LogP contribution in [-0.4, -0.2) is 23.5 Å². The van der Waals surface area contributed by atoms with Crippen LogP contribution in [-0.2, 0) is 16.0 Å². The summed E-state index contributed by atoms with van der Waals surface area (Å²) in [4.78, 5) is 24.8. The molecule has 0 bridgehead atoms. The molecule has 1 saturated heterocycles. The fourth-order valence-corrected chi connectivity index (χ4v) is 5.94. The quantitative estimate of drug-likeness (QED) is 0.197. The highest BCUT2D eigenvalue weighted by atomic mass is 35.5. The van der Waals surface area contributed by atoms with Crippen molar-refractivity contribution in [3.05, 3.63) is 82.9 Å². The molecule has 1 aliphatic heterocycles. The van der Waals surface area contributed by atoms with Crippen LogP contribution in [0.3, 0.4) is 0 Å². The minimum absolute atomic E-state index is 0.312. The maximum atomic E-state index is 12.2. The number of nitrogens with one attached hydrogen (secondary N) is 1. The molecular weight excluding hydrogens is 514 g/mol. The van der Waals surface area contributed by atoms with E-state index in [0.29, 0.717) is 11.6 Å². The molecule has 5 nitrogen and oxygen atoms in total. The summed E-state index contributed by atoms with van der Waals surface area (Å²) < 4.78 is 11.1. The Labute approximate surface area is 225 Å². The maximum absolute atomic E-state index is 12.2. The Balaban J connectivity index is 1.29. The number of carbonyl (C=O) groups is 2. The Morgan fingerprint density at radius 1 is 1.03 bits per heavy atom. The highest BCUT2D eigenvalue weighted by Gasteiger charge is 2.45. The molecule has 0 radical (unpaired) electrons. The summed E-state index contributed by atoms with van der Waals surface area (Å²) in [6, 6.07) is 21.3. The molecule has 188 valence electrons. The number of imide groups is 1. The molecule has 1 heterocycles. The first kappa shape index (κ1) is 26.5. The van der Waals surface area contributed by atoms with E-state index in [1.165, 1.54) is 0 Å². The third-order valence-corrected chi connectivity index (χ3v) is 8.46. The first-order valence-corrected chi connectivity index (χ1v) is 14.0. The van der Waals surface area contributed by atoms with E-state index in [1.807, 2.05) is 54.6 Å². The van der Waals surface area contributed by atoms with Crippen LogP contribution in [0.1, 0.15) is 37.8 Å². The molecule has 4 rings (SSSR count). The fourth-order valence-electron chi connectivity index (χ4n) is 3.85. The van der Waals surface area contributed by atoms with Gasteiger partial charge in [-0.3, -0.25) is 14.9 Å². The summed E-state index contributed by atoms with van der Waals surface area (Å²) in [5, 5.41) is 2.58. The number of aryl methyl sites for hydroxylation is 1. The largest absolute Gasteiger partial charge is 0.493 e. The average Bonchev–Trinajstić information content (AvgIpc) is 3.13. The van der Waals surface area contributed by atoms with E-state index in [2.05, 4.69) is 18.3 Å². The SMILES string of the molecule is CCCc1cc(Oc2ccccc2)ccc1OCCCSc1ccc(C2(C)SC(=O)NC2=O)cc1Cl. The van der Waals surface area contributed by atoms with Gasteiger partial charge in [0.1, 0.15) is 22.0 Å². The summed E-state index contributed by atoms with van der Waals surface area (Å²) in [6.07, 6.45) is 2.78. The van der Waals surface area contributed by atoms with Crippen LogP contribution in [0.15, 0.2) is 71.6 Å². The number of halogens is 1. The number of ether oxygens (including phenoxy) is 2. The summed E-state index contributed by atoms with van der Waals surface area (Å²) in [5.41, 5.74) is 1.86. The molecule has 1 N–H and O–H groups in total. The van der Waals surface area contributed by atoms with Crippen molar-refractivity contribution in [3.63, 3.8) is 0 Å². The van der Waals surface area contributed by atoms with E-state index in [4.69, 9.17) is 21.1 Å². The van der Waals surface area contributed by atoms with Gasteiger partial charge in [-0.05, 0) is 85.1 Å². The number of carbonyl (C=O) groups excluding carboxylic acids is 2. The topological polar surface area (TPSA) is 64.6 Å². The molecule has 0 aliphatic carbocycles. The molecule has 2 amide bonds. The Hall–Kier alpha value is -2.61. The predicted molar refractivity (Wildman–Crippen MR) is 148 cm³/mol. The number of para-hydroxylation sites is 1. The zero-order valence-corrected chi connectivity index (χ0v) is 22.6. The Morgan fingerprint density at radius 2 is 1.83 bits per heavy atom. The van der Waals surface area contributed by atoms with Crippen molar-refractivity contribution in [2.24, 2.45) is 0 Å². The molecular formula is C28H28ClNO4S2. The number of rotatable bonds is 11. The van der Waals surface area contributed by atoms with Crippen molar-refractivity contribution in [1.82, 2.24) is 5.32 Å². The molecule has 3 aromatic rings. The molecule has 0 saturated carbocycles. The molecule has 0 aromatic heterocycles. The predicted octanol–water partition coefficient (Wildman–Crippen LogP) is 7.84. The van der Waals surface area contributed by atoms with Crippen molar-refractivity contribution in [1.29, 1.82) is 0 Å². The number of benzene rings is 3. The van der Waals surface area contributed by atoms with Gasteiger partial charge >= 0.3 is 0 Å². The van der Waals surface area contributed by atoms with Gasteiger partial charge in [-0.15, -0.1) is 11.8 Å². The lowest BCUT2D eigenvalue weighted by atomic mass is 9.99. The lowest BCUT2D eigenvalue weighted by Gasteiger charge is -2.19. The third kappa shape index (κ3) is 6.38. The van der Waals surface area contributed by atoms with E-state index in [-0.39, 0.29) is 11.1 Å². The fraction of sp³-hybridized carbons (Fsp3) is 0.286. The van der Waals surface area contributed by atoms with Crippen molar-refractivity contribution in [2.75, 3.05) is 12.4 Å². The summed E-state index contributed by atoms with van der Waals surface area (Å²) in [6.45, 7) is 4.48. The zero-order valence-electron chi connectivity index (χ0n) is 20.2. The molecule has 8 heteroatoms. The molecule has 1 atom stereocenters. The smallest absolute Gasteiger partial charge is 0.287 e. The van der Waals surface area contributed by atoms with E-state index in [1.54, 1.807) is 24.8 Å². The number of hydrogen-bond acceptors (Lipinski definition) is 6. The Kier molecular flexibility index (Phi) is 8.88. The van der Waals surface area contributed by atoms with E-state index < -0.39 is 4.75 Å². The Morgan fingerprint density at radius 3 is 2.53 bits per heavy atom. The van der Waals surface area contributed by atoms with E-state index in [0.717, 1.165) is 70.0 Å². The van der Waals surface area contributed by atoms with E-state index >= 15 is 0 Å². The second-order valence-electron chi connectivity index (χ2n) is 8.51. The van der Waals surface area contributed by atoms with Crippen LogP contribution in [0.2, 0.25) is 5.02 Å². The van der Waals surface area contributed by atoms with Gasteiger partial charge in [-0.2, -0.15) is 0 Å². The molecule has 0 spiro atoms. The van der Waals surface area contributed by atoms with Gasteiger partial charge in [0.15, 0.2) is 0 Å². The second-order valence-corrected chi connectivity index (χ2v) is 11.4. The van der Waals surface area contributed by atoms with Gasteiger partial charge < -0.3 is 9.47 Å². The molecule has 3 aromatic carbocycles. The first-order valence-electron chi connectivity index (χ1n) is 11.8. The molecule has 1 fully saturated rings. The average molecular weight is 542 g/mol. The van der Waals surface area contributed by atoms with Crippen LogP contribution < -0.4 is 14.8 Å². The van der Waals surface area contributed by atoms with Gasteiger partial charge in [-0.25, -0.2) is 0 Å². The van der Waals surface area contributed by atoms with Crippen molar-refractivity contribution < 1.29 is 19.1 Å². The Bertz CT molecular complexity index is 1240. The van der Waals surface area contributed by atoms with Crippen molar-refractivity contribution in [2.45, 2.75) is 42.8 Å². The first-order chi connectivity index (χ1) is 17.4.